The number of anilines is 1. The quantitative estimate of drug-likeness (QED) is 0.632. The average Bonchev–Trinajstić information content (AvgIpc) is 2.39. The minimum Gasteiger partial charge on any atom is -0.377 e. The maximum atomic E-state index is 13.6. The molecule has 0 saturated heterocycles. The number of halogens is 3. The van der Waals surface area contributed by atoms with Gasteiger partial charge in [-0.15, -0.1) is 0 Å². The molecule has 104 valence electrons. The molecule has 0 aromatic heterocycles. The number of benzene rings is 2. The van der Waals surface area contributed by atoms with E-state index >= 15 is 0 Å². The largest absolute Gasteiger partial charge is 0.377 e. The summed E-state index contributed by atoms with van der Waals surface area (Å²) >= 11 is 9.08. The molecular formula is C13H9BrClFN2O2. The summed E-state index contributed by atoms with van der Waals surface area (Å²) < 4.78 is 14.0. The van der Waals surface area contributed by atoms with Crippen molar-refractivity contribution in [3.05, 3.63) is 67.4 Å². The molecule has 4 nitrogen and oxygen atoms in total. The minimum atomic E-state index is -0.482. The summed E-state index contributed by atoms with van der Waals surface area (Å²) in [6.45, 7) is 0.211. The fraction of sp³-hybridized carbons (Fsp3) is 0.0769. The fourth-order valence-corrected chi connectivity index (χ4v) is 2.47. The van der Waals surface area contributed by atoms with Crippen LogP contribution in [0.3, 0.4) is 0 Å². The van der Waals surface area contributed by atoms with E-state index in [1.165, 1.54) is 18.2 Å². The Labute approximate surface area is 127 Å². The van der Waals surface area contributed by atoms with Crippen LogP contribution in [-0.2, 0) is 6.54 Å². The summed E-state index contributed by atoms with van der Waals surface area (Å²) in [5.41, 5.74) is 0.773. The molecule has 0 spiro atoms. The van der Waals surface area contributed by atoms with E-state index in [4.69, 9.17) is 11.6 Å². The number of para-hydroxylation sites is 1. The number of hydrogen-bond acceptors (Lipinski definition) is 3. The molecule has 0 atom stereocenters. The Morgan fingerprint density at radius 1 is 1.30 bits per heavy atom. The maximum Gasteiger partial charge on any atom is 0.283 e. The van der Waals surface area contributed by atoms with Gasteiger partial charge in [-0.2, -0.15) is 0 Å². The summed E-state index contributed by atoms with van der Waals surface area (Å²) in [5, 5.41) is 13.9. The second-order valence-electron chi connectivity index (χ2n) is 3.96. The lowest BCUT2D eigenvalue weighted by Crippen LogP contribution is -2.04. The summed E-state index contributed by atoms with van der Waals surface area (Å²) in [5.74, 6) is -0.473. The number of nitrogens with one attached hydrogen (secondary N) is 1. The van der Waals surface area contributed by atoms with Crippen molar-refractivity contribution >= 4 is 38.9 Å². The molecule has 1 N–H and O–H groups in total. The molecule has 7 heteroatoms. The molecule has 0 aliphatic heterocycles. The van der Waals surface area contributed by atoms with Crippen LogP contribution in [0.15, 0.2) is 40.9 Å². The molecule has 0 fully saturated rings. The van der Waals surface area contributed by atoms with Crippen molar-refractivity contribution < 1.29 is 9.31 Å². The fourth-order valence-electron chi connectivity index (χ4n) is 1.69. The van der Waals surface area contributed by atoms with Gasteiger partial charge in [0.15, 0.2) is 0 Å². The maximum absolute atomic E-state index is 13.6. The van der Waals surface area contributed by atoms with Crippen molar-refractivity contribution in [2.24, 2.45) is 0 Å². The van der Waals surface area contributed by atoms with Gasteiger partial charge < -0.3 is 5.32 Å². The number of nitrogens with zero attached hydrogens (tertiary/aromatic N) is 1. The summed E-state index contributed by atoms with van der Waals surface area (Å²) in [6.07, 6.45) is 0. The predicted octanol–water partition coefficient (Wildman–Crippen LogP) is 4.76. The molecule has 2 aromatic rings. The van der Waals surface area contributed by atoms with E-state index in [-0.39, 0.29) is 22.9 Å². The molecular weight excluding hydrogens is 351 g/mol. The zero-order valence-corrected chi connectivity index (χ0v) is 12.4. The Bertz CT molecular complexity index is 647. The van der Waals surface area contributed by atoms with Crippen molar-refractivity contribution in [3.8, 4) is 0 Å². The van der Waals surface area contributed by atoms with Gasteiger partial charge in [-0.3, -0.25) is 10.1 Å². The standard InChI is InChI=1S/C13H9BrClFN2O2/c14-12-8(3-1-6-11(12)18(19)20)7-17-13-9(15)4-2-5-10(13)16/h1-6,17H,7H2. The molecule has 2 rings (SSSR count). The van der Waals surface area contributed by atoms with Crippen LogP contribution in [0.25, 0.3) is 0 Å². The molecule has 0 amide bonds. The van der Waals surface area contributed by atoms with E-state index < -0.39 is 10.7 Å². The number of nitro benzene ring substituents is 1. The third-order valence-corrected chi connectivity index (χ3v) is 3.90. The van der Waals surface area contributed by atoms with Gasteiger partial charge in [0.1, 0.15) is 10.3 Å². The van der Waals surface area contributed by atoms with Gasteiger partial charge in [-0.1, -0.05) is 29.8 Å². The Kier molecular flexibility index (Phi) is 4.57. The second-order valence-corrected chi connectivity index (χ2v) is 5.16. The number of hydrogen-bond donors (Lipinski definition) is 1. The third kappa shape index (κ3) is 3.08. The Morgan fingerprint density at radius 2 is 2.00 bits per heavy atom. The van der Waals surface area contributed by atoms with Gasteiger partial charge >= 0.3 is 0 Å². The molecule has 0 saturated carbocycles. The van der Waals surface area contributed by atoms with Crippen LogP contribution in [0.4, 0.5) is 15.8 Å². The Balaban J connectivity index is 2.24. The molecule has 0 aliphatic rings. The van der Waals surface area contributed by atoms with Crippen LogP contribution in [0.1, 0.15) is 5.56 Å². The molecule has 0 radical (unpaired) electrons. The lowest BCUT2D eigenvalue weighted by Gasteiger charge is -2.10. The normalized spacial score (nSPS) is 10.3. The van der Waals surface area contributed by atoms with Crippen LogP contribution in [0, 0.1) is 15.9 Å². The van der Waals surface area contributed by atoms with E-state index in [1.54, 1.807) is 18.2 Å². The van der Waals surface area contributed by atoms with Crippen molar-refractivity contribution in [2.75, 3.05) is 5.32 Å². The lowest BCUT2D eigenvalue weighted by atomic mass is 10.2. The highest BCUT2D eigenvalue weighted by Gasteiger charge is 2.15. The average molecular weight is 360 g/mol. The van der Waals surface area contributed by atoms with Crippen molar-refractivity contribution in [1.29, 1.82) is 0 Å². The van der Waals surface area contributed by atoms with E-state index in [0.29, 0.717) is 10.0 Å². The zero-order chi connectivity index (χ0) is 14.7. The number of rotatable bonds is 4. The van der Waals surface area contributed by atoms with Gasteiger partial charge in [0.05, 0.1) is 15.6 Å². The highest BCUT2D eigenvalue weighted by atomic mass is 79.9. The summed E-state index contributed by atoms with van der Waals surface area (Å²) in [4.78, 5) is 10.3. The van der Waals surface area contributed by atoms with Gasteiger partial charge in [0, 0.05) is 12.6 Å². The predicted molar refractivity (Wildman–Crippen MR) is 79.5 cm³/mol. The first-order valence-corrected chi connectivity index (χ1v) is 6.77. The highest BCUT2D eigenvalue weighted by molar-refractivity contribution is 9.10. The van der Waals surface area contributed by atoms with Gasteiger partial charge in [-0.05, 0) is 33.6 Å². The minimum absolute atomic E-state index is 0.0380. The smallest absolute Gasteiger partial charge is 0.283 e. The van der Waals surface area contributed by atoms with E-state index in [0.717, 1.165) is 0 Å². The first kappa shape index (κ1) is 14.7. The van der Waals surface area contributed by atoms with Crippen molar-refractivity contribution in [3.63, 3.8) is 0 Å². The van der Waals surface area contributed by atoms with Gasteiger partial charge in [-0.25, -0.2) is 4.39 Å². The van der Waals surface area contributed by atoms with E-state index in [2.05, 4.69) is 21.2 Å². The molecule has 20 heavy (non-hydrogen) atoms. The first-order valence-electron chi connectivity index (χ1n) is 5.60. The second kappa shape index (κ2) is 6.19. The van der Waals surface area contributed by atoms with Gasteiger partial charge in [0.25, 0.3) is 5.69 Å². The lowest BCUT2D eigenvalue weighted by molar-refractivity contribution is -0.385. The molecule has 2 aromatic carbocycles. The van der Waals surface area contributed by atoms with Crippen molar-refractivity contribution in [1.82, 2.24) is 0 Å². The highest BCUT2D eigenvalue weighted by Crippen LogP contribution is 2.30. The monoisotopic (exact) mass is 358 g/mol. The van der Waals surface area contributed by atoms with Crippen LogP contribution in [0.2, 0.25) is 5.02 Å². The topological polar surface area (TPSA) is 55.2 Å². The first-order chi connectivity index (χ1) is 9.50. The van der Waals surface area contributed by atoms with Gasteiger partial charge in [0.2, 0.25) is 0 Å². The van der Waals surface area contributed by atoms with E-state index in [1.807, 2.05) is 0 Å². The third-order valence-electron chi connectivity index (χ3n) is 2.67. The summed E-state index contributed by atoms with van der Waals surface area (Å²) in [6, 6.07) is 9.03. The zero-order valence-electron chi connectivity index (χ0n) is 10.1. The van der Waals surface area contributed by atoms with Crippen LogP contribution >= 0.6 is 27.5 Å². The molecule has 0 aliphatic carbocycles. The van der Waals surface area contributed by atoms with Crippen LogP contribution < -0.4 is 5.32 Å². The SMILES string of the molecule is O=[N+]([O-])c1cccc(CNc2c(F)cccc2Cl)c1Br. The number of nitro groups is 1. The molecule has 0 bridgehead atoms. The van der Waals surface area contributed by atoms with Crippen LogP contribution in [0.5, 0.6) is 0 Å². The molecule has 0 unspecified atom stereocenters. The Hall–Kier alpha value is -1.66. The van der Waals surface area contributed by atoms with E-state index in [9.17, 15) is 14.5 Å². The van der Waals surface area contributed by atoms with Crippen molar-refractivity contribution in [2.45, 2.75) is 6.54 Å². The molecule has 0 heterocycles. The summed E-state index contributed by atoms with van der Waals surface area (Å²) in [7, 11) is 0. The van der Waals surface area contributed by atoms with Crippen LogP contribution in [-0.4, -0.2) is 4.92 Å². The Morgan fingerprint density at radius 3 is 2.65 bits per heavy atom.